The van der Waals surface area contributed by atoms with Crippen molar-refractivity contribution in [2.75, 3.05) is 6.61 Å². The summed E-state index contributed by atoms with van der Waals surface area (Å²) in [4.78, 5) is 14.1. The first-order valence-electron chi connectivity index (χ1n) is 12.0. The highest BCUT2D eigenvalue weighted by Crippen LogP contribution is 2.95. The molecule has 0 aromatic heterocycles. The summed E-state index contributed by atoms with van der Waals surface area (Å²) < 4.78 is 13.0. The van der Waals surface area contributed by atoms with Crippen LogP contribution in [0.25, 0.3) is 0 Å². The van der Waals surface area contributed by atoms with Crippen LogP contribution in [0.4, 0.5) is 0 Å². The van der Waals surface area contributed by atoms with E-state index >= 15 is 0 Å². The SMILES string of the molecule is CC(C)[C@@H]1CC[C@@H](C)C[C@H]1OC(=O)C12C3c4ccccc4C4C5OC3C1(CO)C5C42. The lowest BCUT2D eigenvalue weighted by molar-refractivity contribution is -0.342. The van der Waals surface area contributed by atoms with E-state index in [4.69, 9.17) is 9.47 Å². The van der Waals surface area contributed by atoms with Gasteiger partial charge in [-0.15, -0.1) is 0 Å². The molecule has 1 saturated heterocycles. The van der Waals surface area contributed by atoms with Crippen molar-refractivity contribution in [3.8, 4) is 0 Å². The number of esters is 1. The number of hydrogen-bond donors (Lipinski definition) is 1. The topological polar surface area (TPSA) is 55.8 Å². The quantitative estimate of drug-likeness (QED) is 0.769. The van der Waals surface area contributed by atoms with Gasteiger partial charge in [-0.05, 0) is 47.6 Å². The molecule has 0 radical (unpaired) electrons. The van der Waals surface area contributed by atoms with Crippen LogP contribution in [-0.2, 0) is 14.3 Å². The van der Waals surface area contributed by atoms with Gasteiger partial charge < -0.3 is 14.6 Å². The first-order chi connectivity index (χ1) is 14.5. The van der Waals surface area contributed by atoms with Crippen LogP contribution in [0.3, 0.4) is 0 Å². The Morgan fingerprint density at radius 2 is 2.00 bits per heavy atom. The third-order valence-corrected chi connectivity index (χ3v) is 10.5. The highest BCUT2D eigenvalue weighted by atomic mass is 16.6. The third-order valence-electron chi connectivity index (χ3n) is 10.5. The molecule has 4 nitrogen and oxygen atoms in total. The molecule has 1 N–H and O–H groups in total. The Hall–Kier alpha value is -1.39. The lowest BCUT2D eigenvalue weighted by atomic mass is 9.16. The lowest BCUT2D eigenvalue weighted by Gasteiger charge is -2.83. The highest BCUT2D eigenvalue weighted by Gasteiger charge is 3.00. The maximum Gasteiger partial charge on any atom is 0.314 e. The normalized spacial score (nSPS) is 53.3. The van der Waals surface area contributed by atoms with Crippen LogP contribution in [0.1, 0.15) is 63.0 Å². The maximum absolute atomic E-state index is 14.1. The summed E-state index contributed by atoms with van der Waals surface area (Å²) in [5.41, 5.74) is 1.70. The zero-order valence-corrected chi connectivity index (χ0v) is 18.1. The molecule has 4 saturated carbocycles. The van der Waals surface area contributed by atoms with E-state index in [-0.39, 0.29) is 36.8 Å². The van der Waals surface area contributed by atoms with Crippen molar-refractivity contribution in [3.05, 3.63) is 35.4 Å². The molecule has 1 aromatic carbocycles. The van der Waals surface area contributed by atoms with Gasteiger partial charge in [-0.25, -0.2) is 0 Å². The summed E-state index contributed by atoms with van der Waals surface area (Å²) in [6.07, 6.45) is 3.50. The number of rotatable bonds is 4. The smallest absolute Gasteiger partial charge is 0.314 e. The number of carbonyl (C=O) groups excluding carboxylic acids is 1. The molecule has 30 heavy (non-hydrogen) atoms. The molecule has 7 rings (SSSR count). The Morgan fingerprint density at radius 3 is 2.73 bits per heavy atom. The van der Waals surface area contributed by atoms with E-state index in [1.807, 2.05) is 0 Å². The molecule has 0 bridgehead atoms. The summed E-state index contributed by atoms with van der Waals surface area (Å²) in [5.74, 6) is 2.52. The Labute approximate surface area is 178 Å². The number of fused-ring (bicyclic) bond motifs is 5. The van der Waals surface area contributed by atoms with Crippen LogP contribution >= 0.6 is 0 Å². The van der Waals surface area contributed by atoms with Crippen molar-refractivity contribution in [1.29, 1.82) is 0 Å². The van der Waals surface area contributed by atoms with Crippen molar-refractivity contribution < 1.29 is 19.4 Å². The van der Waals surface area contributed by atoms with Crippen LogP contribution in [0, 0.1) is 40.4 Å². The second-order valence-corrected chi connectivity index (χ2v) is 11.5. The van der Waals surface area contributed by atoms with Gasteiger partial charge in [0.05, 0.1) is 24.2 Å². The molecule has 4 heteroatoms. The molecule has 11 atom stereocenters. The molecule has 8 unspecified atom stereocenters. The predicted molar refractivity (Wildman–Crippen MR) is 111 cm³/mol. The fourth-order valence-electron chi connectivity index (χ4n) is 9.42. The Balaban J connectivity index is 1.29. The first kappa shape index (κ1) is 18.2. The Morgan fingerprint density at radius 1 is 1.23 bits per heavy atom. The monoisotopic (exact) mass is 408 g/mol. The molecule has 1 aromatic rings. The number of aliphatic hydroxyl groups is 1. The minimum Gasteiger partial charge on any atom is -0.462 e. The van der Waals surface area contributed by atoms with Crippen LogP contribution in [-0.4, -0.2) is 36.0 Å². The van der Waals surface area contributed by atoms with Crippen LogP contribution in [0.15, 0.2) is 24.3 Å². The predicted octanol–water partition coefficient (Wildman–Crippen LogP) is 3.88. The summed E-state index contributed by atoms with van der Waals surface area (Å²) in [5, 5.41) is 10.6. The summed E-state index contributed by atoms with van der Waals surface area (Å²) >= 11 is 0. The summed E-state index contributed by atoms with van der Waals surface area (Å²) in [7, 11) is 0. The van der Waals surface area contributed by atoms with Crippen molar-refractivity contribution in [2.45, 2.75) is 70.2 Å². The zero-order valence-electron chi connectivity index (χ0n) is 18.1. The molecular formula is C26H32O4. The number of benzene rings is 1. The third kappa shape index (κ3) is 1.59. The first-order valence-corrected chi connectivity index (χ1v) is 12.0. The van der Waals surface area contributed by atoms with Crippen molar-refractivity contribution in [3.63, 3.8) is 0 Å². The summed E-state index contributed by atoms with van der Waals surface area (Å²) in [6.45, 7) is 6.84. The molecule has 1 aliphatic heterocycles. The zero-order chi connectivity index (χ0) is 20.6. The molecule has 0 amide bonds. The molecule has 5 aliphatic carbocycles. The lowest BCUT2D eigenvalue weighted by Crippen LogP contribution is -2.89. The number of aliphatic hydroxyl groups excluding tert-OH is 1. The van der Waals surface area contributed by atoms with Gasteiger partial charge in [-0.3, -0.25) is 4.79 Å². The molecule has 6 aliphatic rings. The standard InChI is InChI=1S/C26H32O4/c1-12(2)14-9-8-13(3)10-17(14)29-24(28)26-19-16-7-5-4-6-15(16)18-20(26)21-22(18)30-23(19)25(21,26)11-27/h4-7,12-14,17-23,27H,8-11H2,1-3H3/t13-,14+,17-,18?,19?,20?,21?,22?,23?,25?,26?/m1/s1. The Bertz CT molecular complexity index is 941. The average molecular weight is 409 g/mol. The number of carbonyl (C=O) groups is 1. The second kappa shape index (κ2) is 5.50. The molecular weight excluding hydrogens is 376 g/mol. The summed E-state index contributed by atoms with van der Waals surface area (Å²) in [6, 6.07) is 8.62. The van der Waals surface area contributed by atoms with Gasteiger partial charge in [0.2, 0.25) is 0 Å². The van der Waals surface area contributed by atoms with Crippen LogP contribution in [0.5, 0.6) is 0 Å². The maximum atomic E-state index is 14.1. The van der Waals surface area contributed by atoms with E-state index in [0.29, 0.717) is 35.5 Å². The Kier molecular flexibility index (Phi) is 3.34. The van der Waals surface area contributed by atoms with Gasteiger partial charge in [0.25, 0.3) is 0 Å². The van der Waals surface area contributed by atoms with E-state index in [1.54, 1.807) is 0 Å². The molecule has 160 valence electrons. The average Bonchev–Trinajstić information content (AvgIpc) is 2.92. The van der Waals surface area contributed by atoms with Gasteiger partial charge in [0.1, 0.15) is 6.10 Å². The van der Waals surface area contributed by atoms with Gasteiger partial charge >= 0.3 is 5.97 Å². The van der Waals surface area contributed by atoms with E-state index in [1.165, 1.54) is 17.5 Å². The van der Waals surface area contributed by atoms with Gasteiger partial charge in [-0.1, -0.05) is 51.5 Å². The largest absolute Gasteiger partial charge is 0.462 e. The van der Waals surface area contributed by atoms with E-state index in [0.717, 1.165) is 12.8 Å². The van der Waals surface area contributed by atoms with Crippen molar-refractivity contribution in [1.82, 2.24) is 0 Å². The molecule has 1 heterocycles. The van der Waals surface area contributed by atoms with Crippen LogP contribution in [0.2, 0.25) is 0 Å². The van der Waals surface area contributed by atoms with Crippen molar-refractivity contribution in [2.24, 2.45) is 40.4 Å². The van der Waals surface area contributed by atoms with E-state index in [9.17, 15) is 9.90 Å². The van der Waals surface area contributed by atoms with Gasteiger partial charge in [0.15, 0.2) is 0 Å². The molecule has 5 fully saturated rings. The molecule has 0 spiro atoms. The highest BCUT2D eigenvalue weighted by molar-refractivity contribution is 5.88. The van der Waals surface area contributed by atoms with E-state index in [2.05, 4.69) is 45.0 Å². The van der Waals surface area contributed by atoms with Crippen molar-refractivity contribution >= 4 is 5.97 Å². The van der Waals surface area contributed by atoms with Crippen LogP contribution < -0.4 is 0 Å². The van der Waals surface area contributed by atoms with Gasteiger partial charge in [-0.2, -0.15) is 0 Å². The minimum atomic E-state index is -0.564. The van der Waals surface area contributed by atoms with E-state index < -0.39 is 10.8 Å². The fraction of sp³-hybridized carbons (Fsp3) is 0.731. The number of ether oxygens (including phenoxy) is 2. The number of hydrogen-bond acceptors (Lipinski definition) is 4. The second-order valence-electron chi connectivity index (χ2n) is 11.5. The van der Waals surface area contributed by atoms with Gasteiger partial charge in [0, 0.05) is 23.2 Å². The fourth-order valence-corrected chi connectivity index (χ4v) is 9.42. The minimum absolute atomic E-state index is 0.0106.